The van der Waals surface area contributed by atoms with E-state index in [1.54, 1.807) is 0 Å². The molecule has 0 spiro atoms. The third-order valence-electron chi connectivity index (χ3n) is 3.85. The fraction of sp³-hybridized carbons (Fsp3) is 0.529. The second kappa shape index (κ2) is 7.93. The second-order valence-electron chi connectivity index (χ2n) is 5.58. The Labute approximate surface area is 126 Å². The molecule has 1 heterocycles. The van der Waals surface area contributed by atoms with Crippen LogP contribution in [0.1, 0.15) is 44.6 Å². The number of carbonyl (C=O) groups is 2. The largest absolute Gasteiger partial charge is 0.305 e. The lowest BCUT2D eigenvalue weighted by atomic mass is 10.2. The fourth-order valence-electron chi connectivity index (χ4n) is 2.60. The van der Waals surface area contributed by atoms with Crippen LogP contribution in [-0.2, 0) is 16.1 Å². The van der Waals surface area contributed by atoms with Crippen molar-refractivity contribution in [2.24, 2.45) is 0 Å². The highest BCUT2D eigenvalue weighted by molar-refractivity contribution is 6.05. The predicted molar refractivity (Wildman–Crippen MR) is 82.5 cm³/mol. The minimum atomic E-state index is -0.331. The van der Waals surface area contributed by atoms with E-state index in [-0.39, 0.29) is 17.9 Å². The number of hydrogen-bond donors (Lipinski definition) is 1. The van der Waals surface area contributed by atoms with E-state index >= 15 is 0 Å². The Morgan fingerprint density at radius 1 is 1.14 bits per heavy atom. The van der Waals surface area contributed by atoms with Crippen molar-refractivity contribution in [1.29, 1.82) is 0 Å². The Balaban J connectivity index is 1.82. The molecule has 2 amide bonds. The SMILES string of the molecule is CCCCCCN[C@@H]1CC(=O)N(Cc2ccccc2)C1=O. The van der Waals surface area contributed by atoms with Gasteiger partial charge in [0.05, 0.1) is 19.0 Å². The van der Waals surface area contributed by atoms with Gasteiger partial charge in [-0.15, -0.1) is 0 Å². The molecule has 0 radical (unpaired) electrons. The molecule has 114 valence electrons. The summed E-state index contributed by atoms with van der Waals surface area (Å²) >= 11 is 0. The molecule has 0 bridgehead atoms. The molecule has 1 N–H and O–H groups in total. The zero-order valence-electron chi connectivity index (χ0n) is 12.7. The number of nitrogens with zero attached hydrogens (tertiary/aromatic N) is 1. The molecule has 1 aromatic carbocycles. The van der Waals surface area contributed by atoms with Crippen LogP contribution in [0.25, 0.3) is 0 Å². The quantitative estimate of drug-likeness (QED) is 0.590. The van der Waals surface area contributed by atoms with Gasteiger partial charge in [0.1, 0.15) is 0 Å². The van der Waals surface area contributed by atoms with Crippen LogP contribution in [0.4, 0.5) is 0 Å². The van der Waals surface area contributed by atoms with Crippen molar-refractivity contribution in [3.8, 4) is 0 Å². The first-order chi connectivity index (χ1) is 10.2. The average Bonchev–Trinajstić information content (AvgIpc) is 2.76. The molecule has 1 aliphatic heterocycles. The van der Waals surface area contributed by atoms with E-state index in [1.807, 2.05) is 30.3 Å². The van der Waals surface area contributed by atoms with Gasteiger partial charge in [-0.2, -0.15) is 0 Å². The number of nitrogens with one attached hydrogen (secondary N) is 1. The van der Waals surface area contributed by atoms with Crippen molar-refractivity contribution in [2.75, 3.05) is 6.54 Å². The van der Waals surface area contributed by atoms with Crippen LogP contribution < -0.4 is 5.32 Å². The van der Waals surface area contributed by atoms with Gasteiger partial charge in [-0.1, -0.05) is 56.5 Å². The molecule has 0 aromatic heterocycles. The smallest absolute Gasteiger partial charge is 0.247 e. The molecule has 4 nitrogen and oxygen atoms in total. The first kappa shape index (κ1) is 15.7. The molecule has 0 aliphatic carbocycles. The van der Waals surface area contributed by atoms with Crippen molar-refractivity contribution in [2.45, 2.75) is 51.6 Å². The van der Waals surface area contributed by atoms with Gasteiger partial charge in [-0.05, 0) is 18.5 Å². The maximum absolute atomic E-state index is 12.3. The monoisotopic (exact) mass is 288 g/mol. The van der Waals surface area contributed by atoms with Crippen molar-refractivity contribution >= 4 is 11.8 Å². The standard InChI is InChI=1S/C17H24N2O2/c1-2-3-4-8-11-18-15-12-16(20)19(17(15)21)13-14-9-6-5-7-10-14/h5-7,9-10,15,18H,2-4,8,11-13H2,1H3/t15-/m1/s1. The summed E-state index contributed by atoms with van der Waals surface area (Å²) in [5, 5.41) is 3.22. The van der Waals surface area contributed by atoms with Crippen LogP contribution in [0.15, 0.2) is 30.3 Å². The van der Waals surface area contributed by atoms with Gasteiger partial charge in [-0.25, -0.2) is 0 Å². The maximum Gasteiger partial charge on any atom is 0.247 e. The van der Waals surface area contributed by atoms with Crippen LogP contribution in [-0.4, -0.2) is 29.3 Å². The second-order valence-corrected chi connectivity index (χ2v) is 5.58. The van der Waals surface area contributed by atoms with Gasteiger partial charge in [-0.3, -0.25) is 14.5 Å². The Morgan fingerprint density at radius 2 is 1.90 bits per heavy atom. The van der Waals surface area contributed by atoms with Gasteiger partial charge < -0.3 is 5.32 Å². The first-order valence-corrected chi connectivity index (χ1v) is 7.84. The summed E-state index contributed by atoms with van der Waals surface area (Å²) in [6, 6.07) is 9.31. The van der Waals surface area contributed by atoms with Crippen LogP contribution in [0, 0.1) is 0 Å². The van der Waals surface area contributed by atoms with E-state index in [0.29, 0.717) is 13.0 Å². The molecule has 1 fully saturated rings. The highest BCUT2D eigenvalue weighted by Crippen LogP contribution is 2.16. The van der Waals surface area contributed by atoms with Crippen LogP contribution in [0.3, 0.4) is 0 Å². The van der Waals surface area contributed by atoms with Crippen LogP contribution in [0.5, 0.6) is 0 Å². The van der Waals surface area contributed by atoms with Gasteiger partial charge in [0.2, 0.25) is 11.8 Å². The predicted octanol–water partition coefficient (Wildman–Crippen LogP) is 2.48. The normalized spacial score (nSPS) is 18.5. The Bertz CT molecular complexity index is 473. The summed E-state index contributed by atoms with van der Waals surface area (Å²) in [6.07, 6.45) is 4.95. The summed E-state index contributed by atoms with van der Waals surface area (Å²) in [5.74, 6) is -0.158. The highest BCUT2D eigenvalue weighted by atomic mass is 16.2. The topological polar surface area (TPSA) is 49.4 Å². The molecule has 1 aliphatic rings. The fourth-order valence-corrected chi connectivity index (χ4v) is 2.60. The van der Waals surface area contributed by atoms with E-state index in [1.165, 1.54) is 24.2 Å². The summed E-state index contributed by atoms with van der Waals surface area (Å²) in [6.45, 7) is 3.36. The van der Waals surface area contributed by atoms with E-state index in [4.69, 9.17) is 0 Å². The number of benzene rings is 1. The molecule has 4 heteroatoms. The average molecular weight is 288 g/mol. The molecule has 0 unspecified atom stereocenters. The highest BCUT2D eigenvalue weighted by Gasteiger charge is 2.37. The molecule has 0 saturated carbocycles. The van der Waals surface area contributed by atoms with Crippen molar-refractivity contribution in [1.82, 2.24) is 10.2 Å². The number of hydrogen-bond acceptors (Lipinski definition) is 3. The van der Waals surface area contributed by atoms with E-state index in [9.17, 15) is 9.59 Å². The minimum Gasteiger partial charge on any atom is -0.305 e. The van der Waals surface area contributed by atoms with E-state index in [0.717, 1.165) is 18.5 Å². The lowest BCUT2D eigenvalue weighted by molar-refractivity contribution is -0.139. The van der Waals surface area contributed by atoms with Gasteiger partial charge in [0.15, 0.2) is 0 Å². The minimum absolute atomic E-state index is 0.0742. The third-order valence-corrected chi connectivity index (χ3v) is 3.85. The van der Waals surface area contributed by atoms with Gasteiger partial charge in [0.25, 0.3) is 0 Å². The number of carbonyl (C=O) groups excluding carboxylic acids is 2. The molecule has 21 heavy (non-hydrogen) atoms. The third kappa shape index (κ3) is 4.39. The lowest BCUT2D eigenvalue weighted by Gasteiger charge is -2.15. The molecule has 1 atom stereocenters. The molecular formula is C17H24N2O2. The summed E-state index contributed by atoms with van der Waals surface area (Å²) in [4.78, 5) is 25.7. The number of amides is 2. The van der Waals surface area contributed by atoms with Crippen molar-refractivity contribution in [3.63, 3.8) is 0 Å². The molecule has 2 rings (SSSR count). The first-order valence-electron chi connectivity index (χ1n) is 7.84. The van der Waals surface area contributed by atoms with E-state index < -0.39 is 0 Å². The number of imide groups is 1. The lowest BCUT2D eigenvalue weighted by Crippen LogP contribution is -2.38. The van der Waals surface area contributed by atoms with E-state index in [2.05, 4.69) is 12.2 Å². The van der Waals surface area contributed by atoms with Gasteiger partial charge >= 0.3 is 0 Å². The summed E-state index contributed by atoms with van der Waals surface area (Å²) in [7, 11) is 0. The van der Waals surface area contributed by atoms with Crippen LogP contribution >= 0.6 is 0 Å². The Kier molecular flexibility index (Phi) is 5.93. The molecule has 1 saturated heterocycles. The maximum atomic E-state index is 12.3. The number of unbranched alkanes of at least 4 members (excludes halogenated alkanes) is 3. The van der Waals surface area contributed by atoms with Gasteiger partial charge in [0, 0.05) is 0 Å². The van der Waals surface area contributed by atoms with Crippen LogP contribution in [0.2, 0.25) is 0 Å². The summed E-state index contributed by atoms with van der Waals surface area (Å²) < 4.78 is 0. The van der Waals surface area contributed by atoms with Crippen molar-refractivity contribution < 1.29 is 9.59 Å². The van der Waals surface area contributed by atoms with Crippen molar-refractivity contribution in [3.05, 3.63) is 35.9 Å². The Morgan fingerprint density at radius 3 is 2.62 bits per heavy atom. The zero-order chi connectivity index (χ0) is 15.1. The zero-order valence-corrected chi connectivity index (χ0v) is 12.7. The summed E-state index contributed by atoms with van der Waals surface area (Å²) in [5.41, 5.74) is 0.989. The Hall–Kier alpha value is -1.68. The number of rotatable bonds is 8. The molecule has 1 aromatic rings. The number of likely N-dealkylation sites (tertiary alicyclic amines) is 1. The molecular weight excluding hydrogens is 264 g/mol.